The summed E-state index contributed by atoms with van der Waals surface area (Å²) < 4.78 is 65.3. The van der Waals surface area contributed by atoms with E-state index in [9.17, 15) is 21.6 Å². The second kappa shape index (κ2) is 9.12. The minimum atomic E-state index is -4.41. The highest BCUT2D eigenvalue weighted by atomic mass is 32.2. The molecule has 1 fully saturated rings. The molecule has 0 amide bonds. The van der Waals surface area contributed by atoms with Crippen molar-refractivity contribution in [3.63, 3.8) is 0 Å². The molecular formula is C21H27F3N4O2S. The molecule has 2 heterocycles. The van der Waals surface area contributed by atoms with Crippen LogP contribution in [0.25, 0.3) is 0 Å². The molecule has 0 aliphatic carbocycles. The monoisotopic (exact) mass is 456 g/mol. The van der Waals surface area contributed by atoms with Gasteiger partial charge in [-0.25, -0.2) is 18.4 Å². The molecule has 2 aromatic rings. The fraction of sp³-hybridized carbons (Fsp3) is 0.524. The number of alkyl halides is 3. The first-order chi connectivity index (χ1) is 14.5. The molecule has 3 rings (SSSR count). The van der Waals surface area contributed by atoms with Crippen molar-refractivity contribution in [3.05, 3.63) is 52.5 Å². The Morgan fingerprint density at radius 3 is 2.32 bits per heavy atom. The summed E-state index contributed by atoms with van der Waals surface area (Å²) >= 11 is 0. The summed E-state index contributed by atoms with van der Waals surface area (Å²) in [6.45, 7) is 6.99. The second-order valence-corrected chi connectivity index (χ2v) is 9.79. The second-order valence-electron chi connectivity index (χ2n) is 7.53. The Morgan fingerprint density at radius 2 is 1.74 bits per heavy atom. The average Bonchev–Trinajstić information content (AvgIpc) is 2.74. The van der Waals surface area contributed by atoms with Crippen LogP contribution in [0.3, 0.4) is 0 Å². The van der Waals surface area contributed by atoms with Gasteiger partial charge in [0.15, 0.2) is 0 Å². The summed E-state index contributed by atoms with van der Waals surface area (Å²) in [5.74, 6) is 1.32. The summed E-state index contributed by atoms with van der Waals surface area (Å²) in [4.78, 5) is 11.1. The van der Waals surface area contributed by atoms with Gasteiger partial charge in [-0.3, -0.25) is 0 Å². The predicted molar refractivity (Wildman–Crippen MR) is 114 cm³/mol. The lowest BCUT2D eigenvalue weighted by atomic mass is 10.00. The number of benzene rings is 1. The zero-order valence-electron chi connectivity index (χ0n) is 17.9. The van der Waals surface area contributed by atoms with E-state index >= 15 is 0 Å². The van der Waals surface area contributed by atoms with Crippen LogP contribution in [-0.2, 0) is 29.0 Å². The van der Waals surface area contributed by atoms with E-state index < -0.39 is 21.8 Å². The summed E-state index contributed by atoms with van der Waals surface area (Å²) in [7, 11) is -3.26. The number of halogens is 3. The number of sulfonamides is 1. The third-order valence-corrected chi connectivity index (χ3v) is 7.33. The van der Waals surface area contributed by atoms with Crippen LogP contribution in [0, 0.1) is 6.92 Å². The molecule has 1 aromatic carbocycles. The van der Waals surface area contributed by atoms with E-state index in [4.69, 9.17) is 0 Å². The van der Waals surface area contributed by atoms with Crippen LogP contribution in [0.2, 0.25) is 0 Å². The zero-order chi connectivity index (χ0) is 22.8. The number of aromatic nitrogens is 2. The largest absolute Gasteiger partial charge is 0.416 e. The Bertz CT molecular complexity index is 1030. The average molecular weight is 457 g/mol. The van der Waals surface area contributed by atoms with E-state index in [1.807, 2.05) is 11.8 Å². The summed E-state index contributed by atoms with van der Waals surface area (Å²) in [5.41, 5.74) is 1.43. The molecule has 170 valence electrons. The third-order valence-electron chi connectivity index (χ3n) is 5.45. The molecule has 0 unspecified atom stereocenters. The maximum Gasteiger partial charge on any atom is 0.416 e. The van der Waals surface area contributed by atoms with Crippen molar-refractivity contribution in [2.75, 3.05) is 36.8 Å². The third kappa shape index (κ3) is 5.35. The maximum absolute atomic E-state index is 13.2. The highest BCUT2D eigenvalue weighted by Crippen LogP contribution is 2.31. The number of hydrogen-bond donors (Lipinski definition) is 0. The van der Waals surface area contributed by atoms with Crippen LogP contribution in [0.1, 0.15) is 42.1 Å². The zero-order valence-corrected chi connectivity index (χ0v) is 18.7. The van der Waals surface area contributed by atoms with Gasteiger partial charge in [-0.05, 0) is 31.9 Å². The van der Waals surface area contributed by atoms with Crippen molar-refractivity contribution in [2.45, 2.75) is 39.8 Å². The van der Waals surface area contributed by atoms with Crippen molar-refractivity contribution in [1.29, 1.82) is 0 Å². The molecule has 0 bridgehead atoms. The number of anilines is 1. The fourth-order valence-electron chi connectivity index (χ4n) is 3.80. The first kappa shape index (κ1) is 23.5. The standard InChI is InChI=1S/C21H27F3N4O2S/c1-4-19-18(14-16-7-6-8-17(13-16)21(22,23)24)20(26-15(3)25-19)27-9-11-28(12-10-27)31(29,30)5-2/h6-8,13H,4-5,9-12,14H2,1-3H3. The summed E-state index contributed by atoms with van der Waals surface area (Å²) in [5, 5.41) is 0. The Hall–Kier alpha value is -2.20. The molecule has 31 heavy (non-hydrogen) atoms. The van der Waals surface area contributed by atoms with Gasteiger partial charge in [0.25, 0.3) is 0 Å². The fourth-order valence-corrected chi connectivity index (χ4v) is 4.88. The normalized spacial score (nSPS) is 16.0. The Morgan fingerprint density at radius 1 is 1.06 bits per heavy atom. The molecule has 1 saturated heterocycles. The molecule has 1 aliphatic heterocycles. The highest BCUT2D eigenvalue weighted by Gasteiger charge is 2.31. The lowest BCUT2D eigenvalue weighted by molar-refractivity contribution is -0.137. The molecule has 0 atom stereocenters. The lowest BCUT2D eigenvalue weighted by Gasteiger charge is -2.35. The van der Waals surface area contributed by atoms with Gasteiger partial charge in [0.1, 0.15) is 11.6 Å². The van der Waals surface area contributed by atoms with Gasteiger partial charge in [0, 0.05) is 43.9 Å². The molecule has 0 saturated carbocycles. The molecule has 1 aromatic heterocycles. The molecule has 10 heteroatoms. The van der Waals surface area contributed by atoms with Crippen molar-refractivity contribution in [2.24, 2.45) is 0 Å². The number of aryl methyl sites for hydroxylation is 2. The highest BCUT2D eigenvalue weighted by molar-refractivity contribution is 7.89. The van der Waals surface area contributed by atoms with Gasteiger partial charge >= 0.3 is 6.18 Å². The quantitative estimate of drug-likeness (QED) is 0.666. The smallest absolute Gasteiger partial charge is 0.354 e. The van der Waals surface area contributed by atoms with Gasteiger partial charge in [0.2, 0.25) is 10.0 Å². The molecule has 6 nitrogen and oxygen atoms in total. The van der Waals surface area contributed by atoms with Gasteiger partial charge < -0.3 is 4.90 Å². The Balaban J connectivity index is 1.93. The molecule has 0 N–H and O–H groups in total. The topological polar surface area (TPSA) is 66.4 Å². The Kier molecular flexibility index (Phi) is 6.90. The predicted octanol–water partition coefficient (Wildman–Crippen LogP) is 3.43. The summed E-state index contributed by atoms with van der Waals surface area (Å²) in [6, 6.07) is 5.30. The first-order valence-electron chi connectivity index (χ1n) is 10.3. The van der Waals surface area contributed by atoms with Gasteiger partial charge in [-0.1, -0.05) is 25.1 Å². The molecule has 0 spiro atoms. The van der Waals surface area contributed by atoms with E-state index in [2.05, 4.69) is 9.97 Å². The minimum Gasteiger partial charge on any atom is -0.354 e. The first-order valence-corrected chi connectivity index (χ1v) is 11.9. The van der Waals surface area contributed by atoms with E-state index in [0.717, 1.165) is 23.4 Å². The van der Waals surface area contributed by atoms with Crippen molar-refractivity contribution >= 4 is 15.8 Å². The van der Waals surface area contributed by atoms with Crippen LogP contribution in [0.4, 0.5) is 19.0 Å². The van der Waals surface area contributed by atoms with Gasteiger partial charge in [-0.15, -0.1) is 0 Å². The molecular weight excluding hydrogens is 429 g/mol. The lowest BCUT2D eigenvalue weighted by Crippen LogP contribution is -2.49. The van der Waals surface area contributed by atoms with E-state index in [1.54, 1.807) is 19.9 Å². The minimum absolute atomic E-state index is 0.0559. The van der Waals surface area contributed by atoms with Crippen LogP contribution in [0.15, 0.2) is 24.3 Å². The molecule has 1 aliphatic rings. The number of nitrogens with zero attached hydrogens (tertiary/aromatic N) is 4. The van der Waals surface area contributed by atoms with Crippen LogP contribution >= 0.6 is 0 Å². The van der Waals surface area contributed by atoms with Crippen molar-refractivity contribution in [1.82, 2.24) is 14.3 Å². The summed E-state index contributed by atoms with van der Waals surface area (Å²) in [6.07, 6.45) is -3.51. The number of rotatable bonds is 6. The van der Waals surface area contributed by atoms with E-state index in [-0.39, 0.29) is 12.2 Å². The van der Waals surface area contributed by atoms with Crippen molar-refractivity contribution < 1.29 is 21.6 Å². The number of hydrogen-bond acceptors (Lipinski definition) is 5. The van der Waals surface area contributed by atoms with Gasteiger partial charge in [0.05, 0.1) is 11.3 Å². The Labute approximate surface area is 181 Å². The van der Waals surface area contributed by atoms with Gasteiger partial charge in [-0.2, -0.15) is 17.5 Å². The van der Waals surface area contributed by atoms with E-state index in [0.29, 0.717) is 49.8 Å². The van der Waals surface area contributed by atoms with Crippen molar-refractivity contribution in [3.8, 4) is 0 Å². The maximum atomic E-state index is 13.2. The van der Waals surface area contributed by atoms with Crippen LogP contribution in [-0.4, -0.2) is 54.6 Å². The van der Waals surface area contributed by atoms with Crippen LogP contribution < -0.4 is 4.90 Å². The number of piperazine rings is 1. The SMILES string of the molecule is CCc1nc(C)nc(N2CCN(S(=O)(=O)CC)CC2)c1Cc1cccc(C(F)(F)F)c1. The molecule has 0 radical (unpaired) electrons. The van der Waals surface area contributed by atoms with E-state index in [1.165, 1.54) is 10.4 Å². The van der Waals surface area contributed by atoms with Crippen LogP contribution in [0.5, 0.6) is 0 Å².